The van der Waals surface area contributed by atoms with Crippen molar-refractivity contribution in [3.63, 3.8) is 0 Å². The first-order valence-corrected chi connectivity index (χ1v) is 6.85. The van der Waals surface area contributed by atoms with Gasteiger partial charge in [-0.25, -0.2) is 0 Å². The Morgan fingerprint density at radius 2 is 2.06 bits per heavy atom. The molecule has 2 N–H and O–H groups in total. The third-order valence-electron chi connectivity index (χ3n) is 3.52. The second-order valence-corrected chi connectivity index (χ2v) is 5.60. The van der Waals surface area contributed by atoms with Gasteiger partial charge in [-0.05, 0) is 30.9 Å². The Balaban J connectivity index is 2.20. The van der Waals surface area contributed by atoms with Crippen molar-refractivity contribution >= 4 is 15.9 Å². The highest BCUT2D eigenvalue weighted by Crippen LogP contribution is 2.51. The Morgan fingerprint density at radius 3 is 2.71 bits per heavy atom. The van der Waals surface area contributed by atoms with E-state index in [1.54, 1.807) is 0 Å². The molecule has 17 heavy (non-hydrogen) atoms. The van der Waals surface area contributed by atoms with E-state index in [1.165, 1.54) is 11.1 Å². The Kier molecular flexibility index (Phi) is 2.60. The zero-order chi connectivity index (χ0) is 12.0. The topological polar surface area (TPSA) is 44.5 Å². The number of hydrogen-bond donors (Lipinski definition) is 1. The standard InChI is InChI=1S/C13H16BrNO2/c1-2-8-11(13(15)3-4-13)9(14)7-10-12(8)17-6-5-16-10/h7H,2-6,15H2,1H3. The molecule has 3 rings (SSSR count). The van der Waals surface area contributed by atoms with Crippen LogP contribution < -0.4 is 15.2 Å². The van der Waals surface area contributed by atoms with Crippen molar-refractivity contribution in [1.29, 1.82) is 0 Å². The molecule has 1 fully saturated rings. The molecule has 0 spiro atoms. The van der Waals surface area contributed by atoms with Crippen LogP contribution in [0.2, 0.25) is 0 Å². The predicted octanol–water partition coefficient (Wildman–Crippen LogP) is 2.73. The van der Waals surface area contributed by atoms with Gasteiger partial charge in [0.1, 0.15) is 13.2 Å². The molecule has 92 valence electrons. The molecule has 0 unspecified atom stereocenters. The Morgan fingerprint density at radius 1 is 1.35 bits per heavy atom. The number of nitrogens with two attached hydrogens (primary N) is 1. The van der Waals surface area contributed by atoms with E-state index in [-0.39, 0.29) is 5.54 Å². The Bertz CT molecular complexity index is 469. The van der Waals surface area contributed by atoms with Crippen LogP contribution in [-0.4, -0.2) is 13.2 Å². The van der Waals surface area contributed by atoms with Crippen LogP contribution in [0.1, 0.15) is 30.9 Å². The Hall–Kier alpha value is -0.740. The summed E-state index contributed by atoms with van der Waals surface area (Å²) in [6, 6.07) is 2.00. The first-order chi connectivity index (χ1) is 8.15. The van der Waals surface area contributed by atoms with Crippen molar-refractivity contribution in [2.45, 2.75) is 31.7 Å². The molecule has 1 aliphatic heterocycles. The lowest BCUT2D eigenvalue weighted by molar-refractivity contribution is 0.169. The lowest BCUT2D eigenvalue weighted by Crippen LogP contribution is -2.24. The van der Waals surface area contributed by atoms with Gasteiger partial charge in [0.15, 0.2) is 11.5 Å². The van der Waals surface area contributed by atoms with Crippen molar-refractivity contribution in [3.05, 3.63) is 21.7 Å². The van der Waals surface area contributed by atoms with Crippen molar-refractivity contribution in [1.82, 2.24) is 0 Å². The van der Waals surface area contributed by atoms with Crippen molar-refractivity contribution in [3.8, 4) is 11.5 Å². The third-order valence-corrected chi connectivity index (χ3v) is 4.15. The summed E-state index contributed by atoms with van der Waals surface area (Å²) in [4.78, 5) is 0. The third kappa shape index (κ3) is 1.74. The van der Waals surface area contributed by atoms with E-state index in [2.05, 4.69) is 22.9 Å². The lowest BCUT2D eigenvalue weighted by Gasteiger charge is -2.26. The average Bonchev–Trinajstić information content (AvgIpc) is 3.06. The maximum Gasteiger partial charge on any atom is 0.164 e. The highest BCUT2D eigenvalue weighted by Gasteiger charge is 2.44. The molecule has 1 saturated carbocycles. The summed E-state index contributed by atoms with van der Waals surface area (Å²) in [6.45, 7) is 3.38. The van der Waals surface area contributed by atoms with E-state index < -0.39 is 0 Å². The van der Waals surface area contributed by atoms with Gasteiger partial charge < -0.3 is 15.2 Å². The molecule has 0 amide bonds. The molecule has 3 nitrogen and oxygen atoms in total. The summed E-state index contributed by atoms with van der Waals surface area (Å²) in [5.74, 6) is 1.74. The van der Waals surface area contributed by atoms with E-state index in [1.807, 2.05) is 6.07 Å². The summed E-state index contributed by atoms with van der Waals surface area (Å²) >= 11 is 3.63. The Labute approximate surface area is 109 Å². The van der Waals surface area contributed by atoms with Crippen LogP contribution >= 0.6 is 15.9 Å². The van der Waals surface area contributed by atoms with Gasteiger partial charge in [-0.2, -0.15) is 0 Å². The van der Waals surface area contributed by atoms with Gasteiger partial charge in [-0.15, -0.1) is 0 Å². The monoisotopic (exact) mass is 297 g/mol. The zero-order valence-corrected chi connectivity index (χ0v) is 11.5. The molecule has 2 aliphatic rings. The largest absolute Gasteiger partial charge is 0.486 e. The SMILES string of the molecule is CCc1c2c(cc(Br)c1C1(N)CC1)OCCO2. The molecule has 0 bridgehead atoms. The quantitative estimate of drug-likeness (QED) is 0.913. The summed E-state index contributed by atoms with van der Waals surface area (Å²) in [6.07, 6.45) is 3.02. The maximum atomic E-state index is 6.35. The van der Waals surface area contributed by atoms with E-state index >= 15 is 0 Å². The molecule has 1 aromatic rings. The highest BCUT2D eigenvalue weighted by atomic mass is 79.9. The smallest absolute Gasteiger partial charge is 0.164 e. The van der Waals surface area contributed by atoms with Crippen LogP contribution in [0.25, 0.3) is 0 Å². The summed E-state index contributed by atoms with van der Waals surface area (Å²) in [5, 5.41) is 0. The van der Waals surface area contributed by atoms with E-state index in [0.29, 0.717) is 13.2 Å². The minimum atomic E-state index is -0.153. The maximum absolute atomic E-state index is 6.35. The van der Waals surface area contributed by atoms with Crippen LogP contribution in [0.5, 0.6) is 11.5 Å². The second-order valence-electron chi connectivity index (χ2n) is 4.75. The minimum absolute atomic E-state index is 0.153. The fourth-order valence-corrected chi connectivity index (χ4v) is 3.32. The fraction of sp³-hybridized carbons (Fsp3) is 0.538. The first-order valence-electron chi connectivity index (χ1n) is 6.06. The molecule has 1 heterocycles. The summed E-state index contributed by atoms with van der Waals surface area (Å²) in [7, 11) is 0. The van der Waals surface area contributed by atoms with Crippen LogP contribution in [0.3, 0.4) is 0 Å². The van der Waals surface area contributed by atoms with Gasteiger partial charge in [0.2, 0.25) is 0 Å². The molecule has 4 heteroatoms. The average molecular weight is 298 g/mol. The number of benzene rings is 1. The summed E-state index contributed by atoms with van der Waals surface area (Å²) < 4.78 is 12.5. The molecule has 0 atom stereocenters. The van der Waals surface area contributed by atoms with Gasteiger partial charge in [-0.1, -0.05) is 22.9 Å². The van der Waals surface area contributed by atoms with Crippen LogP contribution in [0, 0.1) is 0 Å². The number of hydrogen-bond acceptors (Lipinski definition) is 3. The lowest BCUT2D eigenvalue weighted by atomic mass is 9.95. The number of ether oxygens (including phenoxy) is 2. The van der Waals surface area contributed by atoms with Crippen LogP contribution in [-0.2, 0) is 12.0 Å². The van der Waals surface area contributed by atoms with Gasteiger partial charge in [0.25, 0.3) is 0 Å². The molecular formula is C13H16BrNO2. The summed E-state index contributed by atoms with van der Waals surface area (Å²) in [5.41, 5.74) is 8.61. The van der Waals surface area contributed by atoms with Gasteiger partial charge in [-0.3, -0.25) is 0 Å². The van der Waals surface area contributed by atoms with Crippen LogP contribution in [0.4, 0.5) is 0 Å². The molecular weight excluding hydrogens is 282 g/mol. The van der Waals surface area contributed by atoms with Crippen molar-refractivity contribution in [2.75, 3.05) is 13.2 Å². The molecule has 0 aromatic heterocycles. The van der Waals surface area contributed by atoms with Crippen molar-refractivity contribution < 1.29 is 9.47 Å². The molecule has 0 radical (unpaired) electrons. The van der Waals surface area contributed by atoms with Crippen LogP contribution in [0.15, 0.2) is 10.5 Å². The zero-order valence-electron chi connectivity index (χ0n) is 9.88. The number of fused-ring (bicyclic) bond motifs is 1. The van der Waals surface area contributed by atoms with Gasteiger partial charge in [0.05, 0.1) is 0 Å². The van der Waals surface area contributed by atoms with E-state index in [4.69, 9.17) is 15.2 Å². The number of halogens is 1. The fourth-order valence-electron chi connectivity index (χ4n) is 2.48. The minimum Gasteiger partial charge on any atom is -0.486 e. The number of rotatable bonds is 2. The van der Waals surface area contributed by atoms with Gasteiger partial charge in [0, 0.05) is 15.6 Å². The molecule has 1 aromatic carbocycles. The van der Waals surface area contributed by atoms with E-state index in [0.717, 1.165) is 35.2 Å². The predicted molar refractivity (Wildman–Crippen MR) is 69.6 cm³/mol. The highest BCUT2D eigenvalue weighted by molar-refractivity contribution is 9.10. The molecule has 0 saturated heterocycles. The van der Waals surface area contributed by atoms with Crippen molar-refractivity contribution in [2.24, 2.45) is 5.73 Å². The van der Waals surface area contributed by atoms with Gasteiger partial charge >= 0.3 is 0 Å². The molecule has 1 aliphatic carbocycles. The second kappa shape index (κ2) is 3.89. The normalized spacial score (nSPS) is 20.2. The first kappa shape index (κ1) is 11.4. The van der Waals surface area contributed by atoms with E-state index in [9.17, 15) is 0 Å².